The van der Waals surface area contributed by atoms with Crippen molar-refractivity contribution in [1.82, 2.24) is 8.94 Å². The average molecular weight is 311 g/mol. The zero-order chi connectivity index (χ0) is 14.9. The van der Waals surface area contributed by atoms with Crippen LogP contribution in [0.3, 0.4) is 0 Å². The molecule has 1 fully saturated rings. The minimum atomic E-state index is -0.259. The van der Waals surface area contributed by atoms with E-state index >= 15 is 0 Å². The lowest BCUT2D eigenvalue weighted by Crippen LogP contribution is -1.99. The fraction of sp³-hybridized carbons (Fsp3) is 0.176. The summed E-state index contributed by atoms with van der Waals surface area (Å²) < 4.78 is 15.6. The van der Waals surface area contributed by atoms with Crippen LogP contribution in [-0.4, -0.2) is 15.0 Å². The van der Waals surface area contributed by atoms with Gasteiger partial charge in [-0.3, -0.25) is 4.99 Å². The van der Waals surface area contributed by atoms with Gasteiger partial charge in [-0.1, -0.05) is 30.3 Å². The summed E-state index contributed by atoms with van der Waals surface area (Å²) >= 11 is 1.50. The van der Waals surface area contributed by atoms with Crippen molar-refractivity contribution >= 4 is 11.5 Å². The highest BCUT2D eigenvalue weighted by Crippen LogP contribution is 2.25. The van der Waals surface area contributed by atoms with Crippen LogP contribution in [0.2, 0.25) is 0 Å². The maximum atomic E-state index is 13.6. The summed E-state index contributed by atoms with van der Waals surface area (Å²) in [6.45, 7) is 0. The Labute approximate surface area is 131 Å². The van der Waals surface area contributed by atoms with E-state index in [0.29, 0.717) is 6.04 Å². The third-order valence-corrected chi connectivity index (χ3v) is 4.41. The van der Waals surface area contributed by atoms with Crippen LogP contribution in [0, 0.1) is 5.82 Å². The summed E-state index contributed by atoms with van der Waals surface area (Å²) in [7, 11) is 0. The second-order valence-corrected chi connectivity index (χ2v) is 6.22. The summed E-state index contributed by atoms with van der Waals surface area (Å²) in [5.41, 5.74) is 1.77. The second kappa shape index (κ2) is 5.50. The standard InChI is InChI=1S/C17H14FN3S/c18-13-6-4-5-12(11-13)16-20-17(19-14-9-10-14)22-21(16)15-7-2-1-3-8-15/h1-8,11,14H,9-10H2. The normalized spacial score (nSPS) is 15.2. The van der Waals surface area contributed by atoms with Gasteiger partial charge in [0.25, 0.3) is 0 Å². The zero-order valence-corrected chi connectivity index (χ0v) is 12.6. The van der Waals surface area contributed by atoms with Crippen molar-refractivity contribution in [3.63, 3.8) is 0 Å². The average Bonchev–Trinajstić information content (AvgIpc) is 3.25. The molecule has 0 radical (unpaired) electrons. The highest BCUT2D eigenvalue weighted by molar-refractivity contribution is 7.04. The van der Waals surface area contributed by atoms with Crippen molar-refractivity contribution in [1.29, 1.82) is 0 Å². The minimum Gasteiger partial charge on any atom is -0.253 e. The van der Waals surface area contributed by atoms with Crippen molar-refractivity contribution in [2.75, 3.05) is 0 Å². The monoisotopic (exact) mass is 311 g/mol. The molecule has 4 rings (SSSR count). The van der Waals surface area contributed by atoms with Crippen molar-refractivity contribution < 1.29 is 4.39 Å². The van der Waals surface area contributed by atoms with Crippen molar-refractivity contribution in [3.8, 4) is 17.1 Å². The fourth-order valence-electron chi connectivity index (χ4n) is 2.24. The maximum absolute atomic E-state index is 13.6. The molecule has 0 saturated heterocycles. The lowest BCUT2D eigenvalue weighted by atomic mass is 10.2. The van der Waals surface area contributed by atoms with E-state index in [1.165, 1.54) is 23.7 Å². The van der Waals surface area contributed by atoms with Gasteiger partial charge in [-0.05, 0) is 48.6 Å². The third kappa shape index (κ3) is 2.72. The summed E-state index contributed by atoms with van der Waals surface area (Å²) in [4.78, 5) is 10.00. The van der Waals surface area contributed by atoms with E-state index < -0.39 is 0 Å². The Hall–Kier alpha value is -2.27. The first kappa shape index (κ1) is 13.4. The van der Waals surface area contributed by atoms with Gasteiger partial charge in [0.2, 0.25) is 4.80 Å². The maximum Gasteiger partial charge on any atom is 0.223 e. The van der Waals surface area contributed by atoms with E-state index in [4.69, 9.17) is 0 Å². The number of nitrogens with zero attached hydrogens (tertiary/aromatic N) is 3. The SMILES string of the molecule is Fc1cccc(-c2nc(=NC3CC3)sn2-c2ccccc2)c1. The van der Waals surface area contributed by atoms with E-state index in [1.54, 1.807) is 6.07 Å². The lowest BCUT2D eigenvalue weighted by molar-refractivity contribution is 0.628. The number of halogens is 1. The van der Waals surface area contributed by atoms with E-state index in [-0.39, 0.29) is 5.82 Å². The molecule has 0 N–H and O–H groups in total. The van der Waals surface area contributed by atoms with E-state index in [0.717, 1.165) is 34.7 Å². The fourth-order valence-corrected chi connectivity index (χ4v) is 3.19. The quantitative estimate of drug-likeness (QED) is 0.723. The summed E-state index contributed by atoms with van der Waals surface area (Å²) in [6.07, 6.45) is 2.28. The van der Waals surface area contributed by atoms with Crippen LogP contribution < -0.4 is 4.80 Å². The zero-order valence-electron chi connectivity index (χ0n) is 11.8. The molecule has 1 saturated carbocycles. The van der Waals surface area contributed by atoms with Gasteiger partial charge in [-0.2, -0.15) is 4.98 Å². The van der Waals surface area contributed by atoms with Crippen molar-refractivity contribution in [3.05, 3.63) is 65.2 Å². The molecule has 1 aliphatic carbocycles. The first-order valence-corrected chi connectivity index (χ1v) is 8.02. The molecule has 1 heterocycles. The number of aromatic nitrogens is 2. The van der Waals surface area contributed by atoms with Gasteiger partial charge in [-0.15, -0.1) is 0 Å². The predicted octanol–water partition coefficient (Wildman–Crippen LogP) is 3.80. The lowest BCUT2D eigenvalue weighted by Gasteiger charge is -2.06. The first-order valence-electron chi connectivity index (χ1n) is 7.25. The molecule has 0 amide bonds. The van der Waals surface area contributed by atoms with Crippen LogP contribution in [0.4, 0.5) is 4.39 Å². The topological polar surface area (TPSA) is 30.2 Å². The number of rotatable bonds is 3. The molecular formula is C17H14FN3S. The predicted molar refractivity (Wildman–Crippen MR) is 85.4 cm³/mol. The Bertz CT molecular complexity index is 863. The summed E-state index contributed by atoms with van der Waals surface area (Å²) in [5, 5.41) is 0. The summed E-state index contributed by atoms with van der Waals surface area (Å²) in [5.74, 6) is 0.473. The van der Waals surface area contributed by atoms with Crippen molar-refractivity contribution in [2.24, 2.45) is 4.99 Å². The summed E-state index contributed by atoms with van der Waals surface area (Å²) in [6, 6.07) is 16.9. The molecule has 0 atom stereocenters. The Kier molecular flexibility index (Phi) is 3.35. The van der Waals surface area contributed by atoms with Crippen LogP contribution in [0.25, 0.3) is 17.1 Å². The van der Waals surface area contributed by atoms with E-state index in [2.05, 4.69) is 9.98 Å². The minimum absolute atomic E-state index is 0.259. The Morgan fingerprint density at radius 3 is 2.64 bits per heavy atom. The molecule has 1 aromatic heterocycles. The third-order valence-electron chi connectivity index (χ3n) is 3.48. The Morgan fingerprint density at radius 1 is 1.09 bits per heavy atom. The molecule has 0 bridgehead atoms. The van der Waals surface area contributed by atoms with Crippen LogP contribution in [0.1, 0.15) is 12.8 Å². The Morgan fingerprint density at radius 2 is 1.91 bits per heavy atom. The largest absolute Gasteiger partial charge is 0.253 e. The van der Waals surface area contributed by atoms with Crippen molar-refractivity contribution in [2.45, 2.75) is 18.9 Å². The highest BCUT2D eigenvalue weighted by atomic mass is 32.1. The van der Waals surface area contributed by atoms with E-state index in [1.807, 2.05) is 40.4 Å². The molecule has 5 heteroatoms. The number of hydrogen-bond acceptors (Lipinski definition) is 3. The number of benzene rings is 2. The molecule has 1 aliphatic rings. The molecule has 110 valence electrons. The smallest absolute Gasteiger partial charge is 0.223 e. The van der Waals surface area contributed by atoms with Crippen LogP contribution in [0.15, 0.2) is 59.6 Å². The molecule has 3 nitrogen and oxygen atoms in total. The van der Waals surface area contributed by atoms with Gasteiger partial charge < -0.3 is 0 Å². The Balaban J connectivity index is 1.90. The molecule has 0 aliphatic heterocycles. The van der Waals surface area contributed by atoms with Gasteiger partial charge in [0.1, 0.15) is 5.82 Å². The molecule has 22 heavy (non-hydrogen) atoms. The molecule has 2 aromatic carbocycles. The van der Waals surface area contributed by atoms with Gasteiger partial charge in [0, 0.05) is 5.56 Å². The van der Waals surface area contributed by atoms with Crippen LogP contribution in [-0.2, 0) is 0 Å². The van der Waals surface area contributed by atoms with Gasteiger partial charge in [0.05, 0.1) is 11.7 Å². The molecule has 0 unspecified atom stereocenters. The van der Waals surface area contributed by atoms with E-state index in [9.17, 15) is 4.39 Å². The van der Waals surface area contributed by atoms with Crippen LogP contribution in [0.5, 0.6) is 0 Å². The van der Waals surface area contributed by atoms with Gasteiger partial charge >= 0.3 is 0 Å². The molecule has 3 aromatic rings. The van der Waals surface area contributed by atoms with Gasteiger partial charge in [-0.25, -0.2) is 8.35 Å². The first-order chi connectivity index (χ1) is 10.8. The van der Waals surface area contributed by atoms with Crippen LogP contribution >= 0.6 is 11.5 Å². The highest BCUT2D eigenvalue weighted by Gasteiger charge is 2.21. The molecule has 0 spiro atoms. The van der Waals surface area contributed by atoms with Gasteiger partial charge in [0.15, 0.2) is 5.82 Å². The second-order valence-electron chi connectivity index (χ2n) is 5.31. The molecular weight excluding hydrogens is 297 g/mol. The number of para-hydroxylation sites is 1. The number of hydrogen-bond donors (Lipinski definition) is 0.